The lowest BCUT2D eigenvalue weighted by atomic mass is 10.2. The fourth-order valence-corrected chi connectivity index (χ4v) is 1.66. The van der Waals surface area contributed by atoms with Gasteiger partial charge in [0.2, 0.25) is 0 Å². The maximum absolute atomic E-state index is 6.00. The number of halogens is 2. The van der Waals surface area contributed by atoms with E-state index in [4.69, 9.17) is 11.6 Å². The van der Waals surface area contributed by atoms with E-state index < -0.39 is 0 Å². The van der Waals surface area contributed by atoms with Crippen LogP contribution in [0.3, 0.4) is 0 Å². The van der Waals surface area contributed by atoms with Crippen LogP contribution in [0.2, 0.25) is 5.02 Å². The number of benzene rings is 1. The molecule has 0 saturated heterocycles. The highest BCUT2D eigenvalue weighted by molar-refractivity contribution is 9.10. The predicted molar refractivity (Wildman–Crippen MR) is 56.5 cm³/mol. The molecule has 0 fully saturated rings. The van der Waals surface area contributed by atoms with Gasteiger partial charge in [-0.15, -0.1) is 0 Å². The lowest BCUT2D eigenvalue weighted by Crippen LogP contribution is -2.11. The second-order valence-electron chi connectivity index (χ2n) is 2.52. The summed E-state index contributed by atoms with van der Waals surface area (Å²) in [6.45, 7) is 3.88. The van der Waals surface area contributed by atoms with Crippen LogP contribution in [0.1, 0.15) is 12.5 Å². The molecule has 0 aliphatic carbocycles. The standard InChI is InChI=1S/C9H11BrClN/c1-2-12-6-7-3-4-8(10)5-9(7)11/h3-5,12H,2,6H2,1H3. The molecule has 66 valence electrons. The summed E-state index contributed by atoms with van der Waals surface area (Å²) in [6, 6.07) is 5.93. The van der Waals surface area contributed by atoms with Gasteiger partial charge in [-0.05, 0) is 24.2 Å². The van der Waals surface area contributed by atoms with Crippen LogP contribution in [0.5, 0.6) is 0 Å². The SMILES string of the molecule is CCNCc1ccc(Br)cc1Cl. The Morgan fingerprint density at radius 1 is 1.50 bits per heavy atom. The summed E-state index contributed by atoms with van der Waals surface area (Å²) in [6.07, 6.45) is 0. The van der Waals surface area contributed by atoms with E-state index in [0.29, 0.717) is 0 Å². The molecule has 0 saturated carbocycles. The Morgan fingerprint density at radius 3 is 2.83 bits per heavy atom. The Bertz CT molecular complexity index is 263. The molecule has 0 aromatic heterocycles. The van der Waals surface area contributed by atoms with Crippen molar-refractivity contribution in [3.05, 3.63) is 33.3 Å². The summed E-state index contributed by atoms with van der Waals surface area (Å²) < 4.78 is 1.02. The second kappa shape index (κ2) is 4.85. The summed E-state index contributed by atoms with van der Waals surface area (Å²) in [7, 11) is 0. The zero-order chi connectivity index (χ0) is 8.97. The molecule has 0 unspecified atom stereocenters. The van der Waals surface area contributed by atoms with Crippen LogP contribution in [-0.4, -0.2) is 6.54 Å². The molecule has 0 aliphatic rings. The van der Waals surface area contributed by atoms with Gasteiger partial charge in [-0.3, -0.25) is 0 Å². The highest BCUT2D eigenvalue weighted by atomic mass is 79.9. The minimum atomic E-state index is 0.810. The van der Waals surface area contributed by atoms with Crippen LogP contribution >= 0.6 is 27.5 Å². The quantitative estimate of drug-likeness (QED) is 0.866. The van der Waals surface area contributed by atoms with Crippen molar-refractivity contribution in [2.24, 2.45) is 0 Å². The zero-order valence-corrected chi connectivity index (χ0v) is 9.24. The predicted octanol–water partition coefficient (Wildman–Crippen LogP) is 3.21. The van der Waals surface area contributed by atoms with Gasteiger partial charge in [-0.25, -0.2) is 0 Å². The van der Waals surface area contributed by atoms with Gasteiger partial charge in [-0.2, -0.15) is 0 Å². The molecule has 0 amide bonds. The third kappa shape index (κ3) is 2.77. The van der Waals surface area contributed by atoms with Crippen LogP contribution in [0, 0.1) is 0 Å². The molecule has 0 spiro atoms. The zero-order valence-electron chi connectivity index (χ0n) is 6.90. The summed E-state index contributed by atoms with van der Waals surface area (Å²) in [5.41, 5.74) is 1.14. The van der Waals surface area contributed by atoms with Crippen molar-refractivity contribution in [1.82, 2.24) is 5.32 Å². The second-order valence-corrected chi connectivity index (χ2v) is 3.84. The number of nitrogens with one attached hydrogen (secondary N) is 1. The first-order valence-corrected chi connectivity index (χ1v) is 5.05. The molecule has 1 rings (SSSR count). The Hall–Kier alpha value is -0.0500. The van der Waals surface area contributed by atoms with Gasteiger partial charge in [0, 0.05) is 16.0 Å². The first kappa shape index (κ1) is 10.0. The van der Waals surface area contributed by atoms with Crippen LogP contribution in [0.15, 0.2) is 22.7 Å². The Kier molecular flexibility index (Phi) is 4.06. The molecule has 0 heterocycles. The van der Waals surface area contributed by atoms with Gasteiger partial charge in [-0.1, -0.05) is 40.5 Å². The van der Waals surface area contributed by atoms with Crippen molar-refractivity contribution in [2.75, 3.05) is 6.54 Å². The van der Waals surface area contributed by atoms with E-state index >= 15 is 0 Å². The van der Waals surface area contributed by atoms with Gasteiger partial charge in [0.25, 0.3) is 0 Å². The van der Waals surface area contributed by atoms with E-state index in [-0.39, 0.29) is 0 Å². The number of hydrogen-bond donors (Lipinski definition) is 1. The number of hydrogen-bond acceptors (Lipinski definition) is 1. The van der Waals surface area contributed by atoms with Crippen molar-refractivity contribution in [3.8, 4) is 0 Å². The van der Waals surface area contributed by atoms with E-state index in [0.717, 1.165) is 28.1 Å². The molecule has 1 nitrogen and oxygen atoms in total. The first-order chi connectivity index (χ1) is 5.74. The van der Waals surface area contributed by atoms with Crippen molar-refractivity contribution in [1.29, 1.82) is 0 Å². The molecule has 1 aromatic carbocycles. The maximum atomic E-state index is 6.00. The largest absolute Gasteiger partial charge is 0.313 e. The first-order valence-electron chi connectivity index (χ1n) is 3.88. The molecular weight excluding hydrogens is 237 g/mol. The molecule has 0 bridgehead atoms. The molecule has 0 radical (unpaired) electrons. The van der Waals surface area contributed by atoms with Crippen molar-refractivity contribution in [2.45, 2.75) is 13.5 Å². The summed E-state index contributed by atoms with van der Waals surface area (Å²) >= 11 is 9.35. The van der Waals surface area contributed by atoms with Crippen molar-refractivity contribution >= 4 is 27.5 Å². The van der Waals surface area contributed by atoms with E-state index in [2.05, 4.69) is 28.2 Å². The van der Waals surface area contributed by atoms with Gasteiger partial charge in [0.1, 0.15) is 0 Å². The minimum Gasteiger partial charge on any atom is -0.313 e. The third-order valence-electron chi connectivity index (χ3n) is 1.58. The third-order valence-corrected chi connectivity index (χ3v) is 2.43. The molecule has 0 aliphatic heterocycles. The van der Waals surface area contributed by atoms with Gasteiger partial charge in [0.15, 0.2) is 0 Å². The fourth-order valence-electron chi connectivity index (χ4n) is 0.925. The van der Waals surface area contributed by atoms with Gasteiger partial charge in [0.05, 0.1) is 0 Å². The molecule has 1 N–H and O–H groups in total. The highest BCUT2D eigenvalue weighted by Gasteiger charge is 1.98. The average Bonchev–Trinajstić information content (AvgIpc) is 2.03. The summed E-state index contributed by atoms with van der Waals surface area (Å²) in [5, 5.41) is 4.04. The highest BCUT2D eigenvalue weighted by Crippen LogP contribution is 2.20. The van der Waals surface area contributed by atoms with Crippen molar-refractivity contribution in [3.63, 3.8) is 0 Å². The topological polar surface area (TPSA) is 12.0 Å². The van der Waals surface area contributed by atoms with Gasteiger partial charge >= 0.3 is 0 Å². The van der Waals surface area contributed by atoms with E-state index in [1.807, 2.05) is 18.2 Å². The maximum Gasteiger partial charge on any atom is 0.0462 e. The van der Waals surface area contributed by atoms with E-state index in [1.165, 1.54) is 0 Å². The summed E-state index contributed by atoms with van der Waals surface area (Å²) in [4.78, 5) is 0. The van der Waals surface area contributed by atoms with Crippen LogP contribution in [0.25, 0.3) is 0 Å². The van der Waals surface area contributed by atoms with Crippen LogP contribution < -0.4 is 5.32 Å². The number of rotatable bonds is 3. The molecular formula is C9H11BrClN. The summed E-state index contributed by atoms with van der Waals surface area (Å²) in [5.74, 6) is 0. The molecule has 12 heavy (non-hydrogen) atoms. The lowest BCUT2D eigenvalue weighted by molar-refractivity contribution is 0.727. The van der Waals surface area contributed by atoms with Crippen LogP contribution in [0.4, 0.5) is 0 Å². The van der Waals surface area contributed by atoms with Crippen molar-refractivity contribution < 1.29 is 0 Å². The molecule has 1 aromatic rings. The monoisotopic (exact) mass is 247 g/mol. The molecule has 0 atom stereocenters. The lowest BCUT2D eigenvalue weighted by Gasteiger charge is -2.04. The smallest absolute Gasteiger partial charge is 0.0462 e. The fraction of sp³-hybridized carbons (Fsp3) is 0.333. The van der Waals surface area contributed by atoms with Crippen LogP contribution in [-0.2, 0) is 6.54 Å². The average molecular weight is 249 g/mol. The Morgan fingerprint density at radius 2 is 2.25 bits per heavy atom. The molecule has 3 heteroatoms. The minimum absolute atomic E-state index is 0.810. The van der Waals surface area contributed by atoms with E-state index in [9.17, 15) is 0 Å². The van der Waals surface area contributed by atoms with Gasteiger partial charge < -0.3 is 5.32 Å². The van der Waals surface area contributed by atoms with E-state index in [1.54, 1.807) is 0 Å². The normalized spacial score (nSPS) is 10.2. The Labute approximate surface area is 86.2 Å². The Balaban J connectivity index is 2.72.